The van der Waals surface area contributed by atoms with E-state index in [1.54, 1.807) is 35.9 Å². The number of carbonyl (C=O) groups excluding carboxylic acids is 2. The highest BCUT2D eigenvalue weighted by Gasteiger charge is 2.20. The number of benzene rings is 2. The van der Waals surface area contributed by atoms with Crippen molar-refractivity contribution in [3.05, 3.63) is 70.5 Å². The molecule has 0 aliphatic carbocycles. The SMILES string of the molecule is Cc1ccccc1NC(=O)CSc1nnc(C(C)NC(=O)c2ccccc2Cl)n1C. The van der Waals surface area contributed by atoms with Crippen LogP contribution in [0, 0.1) is 6.92 Å². The number of hydrogen-bond donors (Lipinski definition) is 2. The standard InChI is InChI=1S/C21H22ClN5O2S/c1-13-8-4-7-11-17(13)24-18(28)12-30-21-26-25-19(27(21)3)14(2)23-20(29)15-9-5-6-10-16(15)22/h4-11,14H,12H2,1-3H3,(H,23,29)(H,24,28). The summed E-state index contributed by atoms with van der Waals surface area (Å²) in [7, 11) is 1.80. The Morgan fingerprint density at radius 3 is 2.57 bits per heavy atom. The molecule has 0 aliphatic heterocycles. The number of aryl methyl sites for hydroxylation is 1. The van der Waals surface area contributed by atoms with Gasteiger partial charge in [-0.05, 0) is 37.6 Å². The zero-order valence-electron chi connectivity index (χ0n) is 16.8. The summed E-state index contributed by atoms with van der Waals surface area (Å²) in [6.07, 6.45) is 0. The van der Waals surface area contributed by atoms with Crippen LogP contribution in [0.5, 0.6) is 0 Å². The van der Waals surface area contributed by atoms with E-state index in [9.17, 15) is 9.59 Å². The maximum Gasteiger partial charge on any atom is 0.253 e. The Kier molecular flexibility index (Phi) is 7.12. The van der Waals surface area contributed by atoms with Crippen molar-refractivity contribution in [3.63, 3.8) is 0 Å². The van der Waals surface area contributed by atoms with Gasteiger partial charge in [0.2, 0.25) is 5.91 Å². The highest BCUT2D eigenvalue weighted by Crippen LogP contribution is 2.21. The molecule has 2 aromatic carbocycles. The molecule has 9 heteroatoms. The van der Waals surface area contributed by atoms with Gasteiger partial charge in [0.15, 0.2) is 11.0 Å². The lowest BCUT2D eigenvalue weighted by atomic mass is 10.2. The second kappa shape index (κ2) is 9.77. The molecular formula is C21H22ClN5O2S. The van der Waals surface area contributed by atoms with Crippen LogP contribution in [0.25, 0.3) is 0 Å². The van der Waals surface area contributed by atoms with Crippen LogP contribution in [0.1, 0.15) is 34.7 Å². The molecule has 156 valence electrons. The van der Waals surface area contributed by atoms with Crippen molar-refractivity contribution in [1.82, 2.24) is 20.1 Å². The van der Waals surface area contributed by atoms with Crippen molar-refractivity contribution in [2.75, 3.05) is 11.1 Å². The van der Waals surface area contributed by atoms with E-state index in [1.165, 1.54) is 11.8 Å². The van der Waals surface area contributed by atoms with E-state index < -0.39 is 0 Å². The van der Waals surface area contributed by atoms with E-state index >= 15 is 0 Å². The van der Waals surface area contributed by atoms with Crippen LogP contribution < -0.4 is 10.6 Å². The quantitative estimate of drug-likeness (QED) is 0.539. The van der Waals surface area contributed by atoms with Crippen LogP contribution in [0.4, 0.5) is 5.69 Å². The fourth-order valence-corrected chi connectivity index (χ4v) is 3.78. The minimum absolute atomic E-state index is 0.126. The van der Waals surface area contributed by atoms with Crippen LogP contribution in [-0.2, 0) is 11.8 Å². The number of hydrogen-bond acceptors (Lipinski definition) is 5. The zero-order chi connectivity index (χ0) is 21.7. The van der Waals surface area contributed by atoms with Gasteiger partial charge in [-0.15, -0.1) is 10.2 Å². The lowest BCUT2D eigenvalue weighted by Gasteiger charge is -2.14. The molecule has 1 aromatic heterocycles. The predicted molar refractivity (Wildman–Crippen MR) is 119 cm³/mol. The first kappa shape index (κ1) is 21.9. The highest BCUT2D eigenvalue weighted by atomic mass is 35.5. The minimum Gasteiger partial charge on any atom is -0.342 e. The first-order chi connectivity index (χ1) is 14.4. The van der Waals surface area contributed by atoms with Crippen LogP contribution in [0.15, 0.2) is 53.7 Å². The van der Waals surface area contributed by atoms with Crippen molar-refractivity contribution in [1.29, 1.82) is 0 Å². The number of halogens is 1. The molecule has 0 spiro atoms. The van der Waals surface area contributed by atoms with Gasteiger partial charge in [-0.3, -0.25) is 9.59 Å². The average Bonchev–Trinajstić information content (AvgIpc) is 3.09. The molecule has 0 saturated heterocycles. The predicted octanol–water partition coefficient (Wildman–Crippen LogP) is 4.00. The van der Waals surface area contributed by atoms with Gasteiger partial charge in [0.1, 0.15) is 0 Å². The monoisotopic (exact) mass is 443 g/mol. The summed E-state index contributed by atoms with van der Waals surface area (Å²) in [4.78, 5) is 24.7. The van der Waals surface area contributed by atoms with E-state index in [0.717, 1.165) is 11.3 Å². The molecule has 0 fully saturated rings. The van der Waals surface area contributed by atoms with Gasteiger partial charge < -0.3 is 15.2 Å². The van der Waals surface area contributed by atoms with Crippen LogP contribution >= 0.6 is 23.4 Å². The molecular weight excluding hydrogens is 422 g/mol. The second-order valence-electron chi connectivity index (χ2n) is 6.73. The Morgan fingerprint density at radius 1 is 1.13 bits per heavy atom. The third kappa shape index (κ3) is 5.20. The van der Waals surface area contributed by atoms with E-state index in [0.29, 0.717) is 21.6 Å². The maximum absolute atomic E-state index is 12.5. The first-order valence-corrected chi connectivity index (χ1v) is 10.7. The maximum atomic E-state index is 12.5. The number of aromatic nitrogens is 3. The van der Waals surface area contributed by atoms with Gasteiger partial charge in [-0.25, -0.2) is 0 Å². The largest absolute Gasteiger partial charge is 0.342 e. The molecule has 1 atom stereocenters. The van der Waals surface area contributed by atoms with Crippen molar-refractivity contribution < 1.29 is 9.59 Å². The summed E-state index contributed by atoms with van der Waals surface area (Å²) < 4.78 is 1.77. The summed E-state index contributed by atoms with van der Waals surface area (Å²) in [5.41, 5.74) is 2.19. The van der Waals surface area contributed by atoms with E-state index in [4.69, 9.17) is 11.6 Å². The van der Waals surface area contributed by atoms with Crippen LogP contribution in [0.2, 0.25) is 5.02 Å². The third-order valence-electron chi connectivity index (χ3n) is 4.47. The summed E-state index contributed by atoms with van der Waals surface area (Å²) in [5.74, 6) is 0.361. The Hall–Kier alpha value is -2.84. The van der Waals surface area contributed by atoms with Gasteiger partial charge in [0.25, 0.3) is 5.91 Å². The number of nitrogens with zero attached hydrogens (tertiary/aromatic N) is 3. The van der Waals surface area contributed by atoms with Gasteiger partial charge in [0.05, 0.1) is 22.4 Å². The molecule has 3 rings (SSSR count). The van der Waals surface area contributed by atoms with Crippen molar-refractivity contribution in [2.45, 2.75) is 25.0 Å². The Morgan fingerprint density at radius 2 is 1.83 bits per heavy atom. The lowest BCUT2D eigenvalue weighted by molar-refractivity contribution is -0.113. The molecule has 1 heterocycles. The topological polar surface area (TPSA) is 88.9 Å². The molecule has 0 radical (unpaired) electrons. The number of amides is 2. The van der Waals surface area contributed by atoms with Crippen LogP contribution in [0.3, 0.4) is 0 Å². The summed E-state index contributed by atoms with van der Waals surface area (Å²) in [6.45, 7) is 3.76. The smallest absolute Gasteiger partial charge is 0.253 e. The summed E-state index contributed by atoms with van der Waals surface area (Å²) in [5, 5.41) is 15.1. The fraction of sp³-hybridized carbons (Fsp3) is 0.238. The van der Waals surface area contributed by atoms with E-state index in [2.05, 4.69) is 20.8 Å². The molecule has 2 N–H and O–H groups in total. The Labute approximate surface area is 184 Å². The second-order valence-corrected chi connectivity index (χ2v) is 8.08. The normalized spacial score (nSPS) is 11.7. The number of para-hydroxylation sites is 1. The van der Waals surface area contributed by atoms with Crippen molar-refractivity contribution in [3.8, 4) is 0 Å². The molecule has 0 aliphatic rings. The minimum atomic E-state index is -0.388. The molecule has 0 bridgehead atoms. The molecule has 7 nitrogen and oxygen atoms in total. The summed E-state index contributed by atoms with van der Waals surface area (Å²) >= 11 is 7.37. The number of nitrogens with one attached hydrogen (secondary N) is 2. The first-order valence-electron chi connectivity index (χ1n) is 9.29. The van der Waals surface area contributed by atoms with Crippen molar-refractivity contribution in [2.24, 2.45) is 7.05 Å². The zero-order valence-corrected chi connectivity index (χ0v) is 18.4. The molecule has 0 saturated carbocycles. The molecule has 2 amide bonds. The van der Waals surface area contributed by atoms with Gasteiger partial charge in [0, 0.05) is 12.7 Å². The number of carbonyl (C=O) groups is 2. The van der Waals surface area contributed by atoms with Gasteiger partial charge in [-0.2, -0.15) is 0 Å². The van der Waals surface area contributed by atoms with E-state index in [-0.39, 0.29) is 23.6 Å². The van der Waals surface area contributed by atoms with Crippen molar-refractivity contribution >= 4 is 40.9 Å². The molecule has 30 heavy (non-hydrogen) atoms. The third-order valence-corrected chi connectivity index (χ3v) is 5.82. The Balaban J connectivity index is 1.60. The fourth-order valence-electron chi connectivity index (χ4n) is 2.84. The Bertz CT molecular complexity index is 1070. The molecule has 1 unspecified atom stereocenters. The molecule has 3 aromatic rings. The van der Waals surface area contributed by atoms with Crippen LogP contribution in [-0.4, -0.2) is 32.3 Å². The average molecular weight is 444 g/mol. The van der Waals surface area contributed by atoms with E-state index in [1.807, 2.05) is 38.1 Å². The van der Waals surface area contributed by atoms with Gasteiger partial charge >= 0.3 is 0 Å². The number of rotatable bonds is 7. The summed E-state index contributed by atoms with van der Waals surface area (Å²) in [6, 6.07) is 14.1. The lowest BCUT2D eigenvalue weighted by Crippen LogP contribution is -2.28. The van der Waals surface area contributed by atoms with Gasteiger partial charge in [-0.1, -0.05) is 53.7 Å². The highest BCUT2D eigenvalue weighted by molar-refractivity contribution is 7.99. The number of thioether (sulfide) groups is 1. The number of anilines is 1.